The highest BCUT2D eigenvalue weighted by atomic mass is 32.1. The number of hydrogen-bond acceptors (Lipinski definition) is 4. The van der Waals surface area contributed by atoms with Gasteiger partial charge < -0.3 is 0 Å². The molecule has 0 fully saturated rings. The fourth-order valence-electron chi connectivity index (χ4n) is 1.29. The largest absolute Gasteiger partial charge is 0.287 e. The molecule has 4 nitrogen and oxygen atoms in total. The molecule has 5 heteroatoms. The molecule has 0 aromatic carbocycles. The molecule has 2 heterocycles. The number of ketones is 1. The number of carbonyl (C=O) groups excluding carboxylic acids is 1. The van der Waals surface area contributed by atoms with Crippen LogP contribution in [0.3, 0.4) is 0 Å². The van der Waals surface area contributed by atoms with Crippen molar-refractivity contribution in [2.75, 3.05) is 0 Å². The van der Waals surface area contributed by atoms with Crippen LogP contribution in [-0.2, 0) is 7.05 Å². The first-order valence-electron chi connectivity index (χ1n) is 4.14. The van der Waals surface area contributed by atoms with Crippen LogP contribution in [0.15, 0.2) is 17.6 Å². The van der Waals surface area contributed by atoms with Gasteiger partial charge in [-0.2, -0.15) is 9.47 Å². The molecule has 0 aliphatic carbocycles. The third-order valence-electron chi connectivity index (χ3n) is 1.93. The number of rotatable bonds is 2. The summed E-state index contributed by atoms with van der Waals surface area (Å²) in [5.41, 5.74) is 1.86. The Hall–Kier alpha value is -1.49. The monoisotopic (exact) mass is 207 g/mol. The summed E-state index contributed by atoms with van der Waals surface area (Å²) in [7, 11) is 1.80. The van der Waals surface area contributed by atoms with E-state index in [0.717, 1.165) is 5.69 Å². The normalized spacial score (nSPS) is 10.4. The van der Waals surface area contributed by atoms with Gasteiger partial charge in [0.25, 0.3) is 0 Å². The molecule has 2 aromatic heterocycles. The predicted molar refractivity (Wildman–Crippen MR) is 53.5 cm³/mol. The zero-order chi connectivity index (χ0) is 10.1. The van der Waals surface area contributed by atoms with Gasteiger partial charge in [-0.15, -0.1) is 0 Å². The van der Waals surface area contributed by atoms with Crippen LogP contribution < -0.4 is 0 Å². The molecule has 0 amide bonds. The van der Waals surface area contributed by atoms with Gasteiger partial charge in [0, 0.05) is 18.6 Å². The molecule has 0 atom stereocenters. The van der Waals surface area contributed by atoms with Crippen molar-refractivity contribution in [3.63, 3.8) is 0 Å². The second-order valence-electron chi connectivity index (χ2n) is 3.02. The number of aryl methyl sites for hydroxylation is 2. The van der Waals surface area contributed by atoms with E-state index in [4.69, 9.17) is 0 Å². The zero-order valence-electron chi connectivity index (χ0n) is 7.89. The van der Waals surface area contributed by atoms with Crippen molar-refractivity contribution in [3.05, 3.63) is 34.6 Å². The van der Waals surface area contributed by atoms with Crippen molar-refractivity contribution in [1.29, 1.82) is 0 Å². The van der Waals surface area contributed by atoms with E-state index in [9.17, 15) is 4.79 Å². The van der Waals surface area contributed by atoms with E-state index in [1.165, 1.54) is 11.5 Å². The molecule has 2 aromatic rings. The molecule has 0 saturated carbocycles. The van der Waals surface area contributed by atoms with Crippen LogP contribution in [0.5, 0.6) is 0 Å². The van der Waals surface area contributed by atoms with Gasteiger partial charge in [0.1, 0.15) is 5.69 Å². The first-order valence-corrected chi connectivity index (χ1v) is 4.97. The molecule has 0 aliphatic rings. The Balaban J connectivity index is 2.41. The van der Waals surface area contributed by atoms with Crippen LogP contribution in [0.25, 0.3) is 0 Å². The summed E-state index contributed by atoms with van der Waals surface area (Å²) < 4.78 is 5.63. The summed E-state index contributed by atoms with van der Waals surface area (Å²) in [4.78, 5) is 11.8. The highest BCUT2D eigenvalue weighted by Gasteiger charge is 2.15. The van der Waals surface area contributed by atoms with Crippen molar-refractivity contribution >= 4 is 17.3 Å². The first-order chi connectivity index (χ1) is 6.68. The molecule has 0 N–H and O–H groups in total. The molecule has 0 saturated heterocycles. The van der Waals surface area contributed by atoms with E-state index >= 15 is 0 Å². The maximum atomic E-state index is 11.8. The standard InChI is InChI=1S/C9H9N3OS/c1-6-7(5-12(2)10-6)9(13)8-3-4-14-11-8/h3-5H,1-2H3. The maximum absolute atomic E-state index is 11.8. The predicted octanol–water partition coefficient (Wildman–Crippen LogP) is 1.42. The molecule has 0 radical (unpaired) electrons. The fourth-order valence-corrected chi connectivity index (χ4v) is 1.80. The Labute approximate surface area is 85.4 Å². The lowest BCUT2D eigenvalue weighted by atomic mass is 10.1. The second-order valence-corrected chi connectivity index (χ2v) is 3.68. The summed E-state index contributed by atoms with van der Waals surface area (Å²) in [6, 6.07) is 1.72. The Morgan fingerprint density at radius 1 is 1.57 bits per heavy atom. The maximum Gasteiger partial charge on any atom is 0.215 e. The topological polar surface area (TPSA) is 47.8 Å². The average molecular weight is 207 g/mol. The lowest BCUT2D eigenvalue weighted by Crippen LogP contribution is -2.01. The second kappa shape index (κ2) is 3.34. The summed E-state index contributed by atoms with van der Waals surface area (Å²) in [6.45, 7) is 1.82. The van der Waals surface area contributed by atoms with Crippen molar-refractivity contribution < 1.29 is 4.79 Å². The summed E-state index contributed by atoms with van der Waals surface area (Å²) in [5.74, 6) is -0.0585. The summed E-state index contributed by atoms with van der Waals surface area (Å²) >= 11 is 1.28. The fraction of sp³-hybridized carbons (Fsp3) is 0.222. The van der Waals surface area contributed by atoms with E-state index in [-0.39, 0.29) is 5.78 Å². The van der Waals surface area contributed by atoms with Gasteiger partial charge in [-0.25, -0.2) is 0 Å². The van der Waals surface area contributed by atoms with Gasteiger partial charge in [0.15, 0.2) is 0 Å². The van der Waals surface area contributed by atoms with Gasteiger partial charge in [0.05, 0.1) is 11.3 Å². The van der Waals surface area contributed by atoms with Crippen molar-refractivity contribution in [3.8, 4) is 0 Å². The molecule has 0 aliphatic heterocycles. The quantitative estimate of drug-likeness (QED) is 0.700. The third kappa shape index (κ3) is 1.46. The summed E-state index contributed by atoms with van der Waals surface area (Å²) in [6.07, 6.45) is 1.72. The SMILES string of the molecule is Cc1nn(C)cc1C(=O)c1ccsn1. The Morgan fingerprint density at radius 3 is 2.86 bits per heavy atom. The first kappa shape index (κ1) is 9.08. The average Bonchev–Trinajstić information content (AvgIpc) is 2.73. The van der Waals surface area contributed by atoms with Crippen LogP contribution in [0.2, 0.25) is 0 Å². The lowest BCUT2D eigenvalue weighted by Gasteiger charge is -1.92. The van der Waals surface area contributed by atoms with Gasteiger partial charge in [-0.05, 0) is 24.5 Å². The smallest absolute Gasteiger partial charge is 0.215 e. The third-order valence-corrected chi connectivity index (χ3v) is 2.49. The minimum absolute atomic E-state index is 0.0585. The highest BCUT2D eigenvalue weighted by Crippen LogP contribution is 2.12. The van der Waals surface area contributed by atoms with Crippen LogP contribution in [-0.4, -0.2) is 19.9 Å². The van der Waals surface area contributed by atoms with Crippen LogP contribution in [0.1, 0.15) is 21.7 Å². The van der Waals surface area contributed by atoms with Gasteiger partial charge in [0.2, 0.25) is 5.78 Å². The molecule has 2 rings (SSSR count). The Morgan fingerprint density at radius 2 is 2.36 bits per heavy atom. The lowest BCUT2D eigenvalue weighted by molar-refractivity contribution is 0.103. The van der Waals surface area contributed by atoms with E-state index < -0.39 is 0 Å². The Bertz CT molecular complexity index is 458. The van der Waals surface area contributed by atoms with E-state index in [1.807, 2.05) is 6.92 Å². The minimum atomic E-state index is -0.0585. The van der Waals surface area contributed by atoms with E-state index in [0.29, 0.717) is 11.3 Å². The van der Waals surface area contributed by atoms with Gasteiger partial charge in [-0.1, -0.05) is 0 Å². The van der Waals surface area contributed by atoms with Crippen LogP contribution in [0.4, 0.5) is 0 Å². The van der Waals surface area contributed by atoms with Crippen LogP contribution >= 0.6 is 11.5 Å². The van der Waals surface area contributed by atoms with Crippen molar-refractivity contribution in [2.45, 2.75) is 6.92 Å². The van der Waals surface area contributed by atoms with Crippen LogP contribution in [0, 0.1) is 6.92 Å². The van der Waals surface area contributed by atoms with Gasteiger partial charge in [-0.3, -0.25) is 9.48 Å². The Kier molecular flexibility index (Phi) is 2.17. The van der Waals surface area contributed by atoms with Gasteiger partial charge >= 0.3 is 0 Å². The minimum Gasteiger partial charge on any atom is -0.287 e. The number of hydrogen-bond donors (Lipinski definition) is 0. The van der Waals surface area contributed by atoms with Crippen molar-refractivity contribution in [2.24, 2.45) is 7.05 Å². The molecule has 0 bridgehead atoms. The number of nitrogens with zero attached hydrogens (tertiary/aromatic N) is 3. The molecule has 0 unspecified atom stereocenters. The molecule has 72 valence electrons. The van der Waals surface area contributed by atoms with E-state index in [2.05, 4.69) is 9.47 Å². The number of carbonyl (C=O) groups is 1. The number of aromatic nitrogens is 3. The molecular formula is C9H9N3OS. The molecular weight excluding hydrogens is 198 g/mol. The molecule has 14 heavy (non-hydrogen) atoms. The highest BCUT2D eigenvalue weighted by molar-refractivity contribution is 7.03. The zero-order valence-corrected chi connectivity index (χ0v) is 8.71. The molecule has 0 spiro atoms. The van der Waals surface area contributed by atoms with E-state index in [1.54, 1.807) is 29.4 Å². The summed E-state index contributed by atoms with van der Waals surface area (Å²) in [5, 5.41) is 5.90. The van der Waals surface area contributed by atoms with Crippen molar-refractivity contribution in [1.82, 2.24) is 14.2 Å².